The van der Waals surface area contributed by atoms with Crippen LogP contribution < -0.4 is 0 Å². The van der Waals surface area contributed by atoms with Gasteiger partial charge in [-0.2, -0.15) is 0 Å². The number of rotatable bonds is 8. The first kappa shape index (κ1) is 21.5. The van der Waals surface area contributed by atoms with Crippen molar-refractivity contribution in [3.63, 3.8) is 0 Å². The molecule has 0 unspecified atom stereocenters. The van der Waals surface area contributed by atoms with Gasteiger partial charge in [-0.3, -0.25) is 0 Å². The number of hydrogen-bond donors (Lipinski definition) is 0. The second-order valence-corrected chi connectivity index (χ2v) is 10.7. The summed E-state index contributed by atoms with van der Waals surface area (Å²) < 4.78 is 4.46. The van der Waals surface area contributed by atoms with E-state index < -0.39 is 0 Å². The van der Waals surface area contributed by atoms with Crippen LogP contribution >= 0.6 is 46.5 Å². The highest BCUT2D eigenvalue weighted by Crippen LogP contribution is 2.32. The van der Waals surface area contributed by atoms with E-state index in [1.807, 2.05) is 36.4 Å². The highest BCUT2D eigenvalue weighted by molar-refractivity contribution is 8.00. The zero-order chi connectivity index (χ0) is 21.8. The third-order valence-corrected chi connectivity index (χ3v) is 8.45. The Morgan fingerprint density at radius 1 is 0.812 bits per heavy atom. The van der Waals surface area contributed by atoms with Crippen LogP contribution in [0, 0.1) is 0 Å². The number of fused-ring (bicyclic) bond motifs is 1. The molecule has 0 saturated carbocycles. The minimum absolute atomic E-state index is 0.715. The van der Waals surface area contributed by atoms with Gasteiger partial charge in [0.05, 0.1) is 22.5 Å². The summed E-state index contributed by atoms with van der Waals surface area (Å²) >= 11 is 11.4. The molecule has 2 aromatic heterocycles. The first-order valence-electron chi connectivity index (χ1n) is 10.1. The number of hydrogen-bond acceptors (Lipinski definition) is 6. The van der Waals surface area contributed by atoms with Gasteiger partial charge in [0.25, 0.3) is 0 Å². The lowest BCUT2D eigenvalue weighted by atomic mass is 10.2. The molecule has 8 heteroatoms. The molecule has 5 rings (SSSR count). The van der Waals surface area contributed by atoms with Crippen molar-refractivity contribution in [1.29, 1.82) is 0 Å². The van der Waals surface area contributed by atoms with Gasteiger partial charge in [-0.05, 0) is 29.3 Å². The number of thioether (sulfide) groups is 2. The number of halogens is 1. The highest BCUT2D eigenvalue weighted by Gasteiger charge is 2.15. The Bertz CT molecular complexity index is 1300. The second-order valence-electron chi connectivity index (χ2n) is 7.09. The van der Waals surface area contributed by atoms with Crippen LogP contribution in [0.5, 0.6) is 0 Å². The summed E-state index contributed by atoms with van der Waals surface area (Å²) in [6.45, 7) is 0.731. The van der Waals surface area contributed by atoms with E-state index in [2.05, 4.69) is 57.2 Å². The molecule has 0 N–H and O–H groups in total. The highest BCUT2D eigenvalue weighted by atomic mass is 35.5. The second kappa shape index (κ2) is 10.1. The SMILES string of the molecule is Clc1ccccc1CSc1nnc(CSc2nc3ccccc3s2)n1Cc1ccccc1. The lowest BCUT2D eigenvalue weighted by Crippen LogP contribution is -2.06. The van der Waals surface area contributed by atoms with E-state index in [0.717, 1.165) is 43.7 Å². The molecule has 0 aliphatic rings. The van der Waals surface area contributed by atoms with Gasteiger partial charge in [-0.25, -0.2) is 4.98 Å². The van der Waals surface area contributed by atoms with Gasteiger partial charge in [-0.1, -0.05) is 95.8 Å². The van der Waals surface area contributed by atoms with Crippen LogP contribution in [0.4, 0.5) is 0 Å². The van der Waals surface area contributed by atoms with Crippen molar-refractivity contribution in [2.24, 2.45) is 0 Å². The summed E-state index contributed by atoms with van der Waals surface area (Å²) in [6.07, 6.45) is 0. The molecule has 0 atom stereocenters. The molecular weight excluding hydrogens is 476 g/mol. The fourth-order valence-electron chi connectivity index (χ4n) is 3.25. The average molecular weight is 495 g/mol. The molecule has 0 saturated heterocycles. The zero-order valence-electron chi connectivity index (χ0n) is 17.0. The number of para-hydroxylation sites is 1. The molecule has 0 aliphatic carbocycles. The van der Waals surface area contributed by atoms with E-state index in [4.69, 9.17) is 16.6 Å². The molecule has 0 bridgehead atoms. The molecule has 0 aliphatic heterocycles. The maximum absolute atomic E-state index is 6.35. The predicted octanol–water partition coefficient (Wildman–Crippen LogP) is 7.17. The van der Waals surface area contributed by atoms with E-state index in [9.17, 15) is 0 Å². The van der Waals surface area contributed by atoms with E-state index in [1.165, 1.54) is 10.3 Å². The Labute approximate surface area is 204 Å². The van der Waals surface area contributed by atoms with Gasteiger partial charge in [0.15, 0.2) is 9.50 Å². The third kappa shape index (κ3) is 5.02. The molecule has 0 amide bonds. The number of nitrogens with zero attached hydrogens (tertiary/aromatic N) is 4. The van der Waals surface area contributed by atoms with E-state index in [1.54, 1.807) is 34.9 Å². The smallest absolute Gasteiger partial charge is 0.191 e. The standard InChI is InChI=1S/C24H19ClN4S3/c25-19-11-5-4-10-18(19)15-30-23-28-27-22(29(23)14-17-8-2-1-3-9-17)16-31-24-26-20-12-6-7-13-21(20)32-24/h1-13H,14-16H2. The Morgan fingerprint density at radius 2 is 1.59 bits per heavy atom. The van der Waals surface area contributed by atoms with Crippen molar-refractivity contribution in [2.45, 2.75) is 27.5 Å². The molecule has 32 heavy (non-hydrogen) atoms. The van der Waals surface area contributed by atoms with Gasteiger partial charge in [0, 0.05) is 10.8 Å². The molecule has 0 radical (unpaired) electrons. The minimum Gasteiger partial charge on any atom is -0.301 e. The Hall–Kier alpha value is -2.32. The van der Waals surface area contributed by atoms with Gasteiger partial charge in [0.1, 0.15) is 5.82 Å². The Kier molecular flexibility index (Phi) is 6.78. The van der Waals surface area contributed by atoms with Gasteiger partial charge >= 0.3 is 0 Å². The molecule has 3 aromatic carbocycles. The molecule has 2 heterocycles. The number of benzene rings is 3. The topological polar surface area (TPSA) is 43.6 Å². The third-order valence-electron chi connectivity index (χ3n) is 4.89. The van der Waals surface area contributed by atoms with Gasteiger partial charge in [-0.15, -0.1) is 21.5 Å². The number of thiazole rings is 1. The summed E-state index contributed by atoms with van der Waals surface area (Å²) in [5.74, 6) is 2.41. The maximum Gasteiger partial charge on any atom is 0.191 e. The first-order chi connectivity index (χ1) is 15.8. The van der Waals surface area contributed by atoms with Crippen molar-refractivity contribution in [3.05, 3.63) is 101 Å². The lowest BCUT2D eigenvalue weighted by molar-refractivity contribution is 0.685. The van der Waals surface area contributed by atoms with Gasteiger partial charge in [0.2, 0.25) is 0 Å². The van der Waals surface area contributed by atoms with Crippen LogP contribution in [0.25, 0.3) is 10.2 Å². The van der Waals surface area contributed by atoms with Crippen LogP contribution in [-0.2, 0) is 18.1 Å². The van der Waals surface area contributed by atoms with Crippen molar-refractivity contribution >= 4 is 56.7 Å². The van der Waals surface area contributed by atoms with Crippen LogP contribution in [0.1, 0.15) is 17.0 Å². The Morgan fingerprint density at radius 3 is 2.44 bits per heavy atom. The van der Waals surface area contributed by atoms with Crippen molar-refractivity contribution in [2.75, 3.05) is 0 Å². The zero-order valence-corrected chi connectivity index (χ0v) is 20.2. The van der Waals surface area contributed by atoms with Crippen molar-refractivity contribution < 1.29 is 0 Å². The van der Waals surface area contributed by atoms with E-state index >= 15 is 0 Å². The summed E-state index contributed by atoms with van der Waals surface area (Å²) in [5.41, 5.74) is 3.36. The molecule has 4 nitrogen and oxygen atoms in total. The largest absolute Gasteiger partial charge is 0.301 e. The molecule has 0 fully saturated rings. The quantitative estimate of drug-likeness (QED) is 0.214. The fourth-order valence-corrected chi connectivity index (χ4v) is 6.50. The van der Waals surface area contributed by atoms with Crippen LogP contribution in [0.3, 0.4) is 0 Å². The molecule has 0 spiro atoms. The first-order valence-corrected chi connectivity index (χ1v) is 13.2. The van der Waals surface area contributed by atoms with E-state index in [0.29, 0.717) is 5.75 Å². The summed E-state index contributed by atoms with van der Waals surface area (Å²) in [4.78, 5) is 4.74. The molecule has 160 valence electrons. The Balaban J connectivity index is 1.37. The van der Waals surface area contributed by atoms with Gasteiger partial charge < -0.3 is 4.57 Å². The van der Waals surface area contributed by atoms with Crippen LogP contribution in [-0.4, -0.2) is 19.7 Å². The monoisotopic (exact) mass is 494 g/mol. The number of aromatic nitrogens is 4. The normalized spacial score (nSPS) is 11.3. The van der Waals surface area contributed by atoms with Crippen molar-refractivity contribution in [1.82, 2.24) is 19.7 Å². The summed E-state index contributed by atoms with van der Waals surface area (Å²) in [6, 6.07) is 26.6. The fraction of sp³-hybridized carbons (Fsp3) is 0.125. The average Bonchev–Trinajstić information content (AvgIpc) is 3.41. The van der Waals surface area contributed by atoms with E-state index in [-0.39, 0.29) is 0 Å². The van der Waals surface area contributed by atoms with Crippen LogP contribution in [0.15, 0.2) is 88.4 Å². The van der Waals surface area contributed by atoms with Crippen molar-refractivity contribution in [3.8, 4) is 0 Å². The summed E-state index contributed by atoms with van der Waals surface area (Å²) in [5, 5.41) is 10.7. The lowest BCUT2D eigenvalue weighted by Gasteiger charge is -2.10. The summed E-state index contributed by atoms with van der Waals surface area (Å²) in [7, 11) is 0. The molecule has 5 aromatic rings. The molecular formula is C24H19ClN4S3. The van der Waals surface area contributed by atoms with Crippen LogP contribution in [0.2, 0.25) is 5.02 Å². The maximum atomic E-state index is 6.35. The predicted molar refractivity (Wildman–Crippen MR) is 136 cm³/mol. The minimum atomic E-state index is 0.715.